The normalized spacial score (nSPS) is 17.0. The Bertz CT molecular complexity index is 561. The van der Waals surface area contributed by atoms with Gasteiger partial charge in [0.15, 0.2) is 0 Å². The number of hydrogen-bond donors (Lipinski definition) is 1. The van der Waals surface area contributed by atoms with Gasteiger partial charge in [0.25, 0.3) is 0 Å². The topological polar surface area (TPSA) is 67.2 Å². The lowest BCUT2D eigenvalue weighted by atomic mass is 9.92. The van der Waals surface area contributed by atoms with Gasteiger partial charge in [0, 0.05) is 26.2 Å². The van der Waals surface area contributed by atoms with E-state index in [0.717, 1.165) is 43.4 Å². The molecular formula is C17H28N4O2. The maximum absolute atomic E-state index is 12.4. The molecule has 0 aliphatic heterocycles. The maximum atomic E-state index is 12.4. The Morgan fingerprint density at radius 3 is 2.70 bits per heavy atom. The lowest BCUT2D eigenvalue weighted by molar-refractivity contribution is -0.129. The largest absolute Gasteiger partial charge is 0.347 e. The Labute approximate surface area is 138 Å². The van der Waals surface area contributed by atoms with Gasteiger partial charge in [-0.05, 0) is 37.7 Å². The van der Waals surface area contributed by atoms with Gasteiger partial charge in [0.05, 0.1) is 11.7 Å². The molecule has 128 valence electrons. The molecule has 0 radical (unpaired) electrons. The van der Waals surface area contributed by atoms with E-state index in [2.05, 4.69) is 10.4 Å². The minimum absolute atomic E-state index is 0.0162. The minimum atomic E-state index is -0.0254. The average Bonchev–Trinajstić information content (AvgIpc) is 2.91. The number of hydrogen-bond acceptors (Lipinski definition) is 3. The Kier molecular flexibility index (Phi) is 5.80. The maximum Gasteiger partial charge on any atom is 0.243 e. The van der Waals surface area contributed by atoms with Crippen LogP contribution in [-0.2, 0) is 22.6 Å². The Morgan fingerprint density at radius 2 is 2.09 bits per heavy atom. The van der Waals surface area contributed by atoms with E-state index in [4.69, 9.17) is 0 Å². The summed E-state index contributed by atoms with van der Waals surface area (Å²) >= 11 is 0. The molecule has 1 aliphatic carbocycles. The van der Waals surface area contributed by atoms with Crippen molar-refractivity contribution in [1.29, 1.82) is 0 Å². The quantitative estimate of drug-likeness (QED) is 0.870. The zero-order valence-electron chi connectivity index (χ0n) is 14.6. The van der Waals surface area contributed by atoms with Gasteiger partial charge < -0.3 is 10.2 Å². The smallest absolute Gasteiger partial charge is 0.243 e. The molecule has 1 heterocycles. The molecule has 6 nitrogen and oxygen atoms in total. The van der Waals surface area contributed by atoms with E-state index in [1.54, 1.807) is 23.7 Å². The van der Waals surface area contributed by atoms with E-state index in [0.29, 0.717) is 0 Å². The van der Waals surface area contributed by atoms with Crippen molar-refractivity contribution in [2.24, 2.45) is 5.92 Å². The summed E-state index contributed by atoms with van der Waals surface area (Å²) in [6.07, 6.45) is 6.57. The number of likely N-dealkylation sites (N-methyl/N-ethyl adjacent to an activating group) is 1. The number of fused-ring (bicyclic) bond motifs is 1. The second kappa shape index (κ2) is 7.62. The molecule has 1 N–H and O–H groups in total. The molecule has 1 atom stereocenters. The van der Waals surface area contributed by atoms with Crippen molar-refractivity contribution < 1.29 is 9.59 Å². The fourth-order valence-electron chi connectivity index (χ4n) is 3.05. The molecule has 0 unspecified atom stereocenters. The number of nitrogens with zero attached hydrogens (tertiary/aromatic N) is 3. The van der Waals surface area contributed by atoms with Crippen LogP contribution in [0.2, 0.25) is 0 Å². The van der Waals surface area contributed by atoms with Crippen LogP contribution in [0.25, 0.3) is 0 Å². The predicted molar refractivity (Wildman–Crippen MR) is 88.8 cm³/mol. The lowest BCUT2D eigenvalue weighted by Gasteiger charge is -2.24. The Balaban J connectivity index is 2.11. The summed E-state index contributed by atoms with van der Waals surface area (Å²) in [5, 5.41) is 7.73. The Morgan fingerprint density at radius 1 is 1.39 bits per heavy atom. The second-order valence-electron chi connectivity index (χ2n) is 6.49. The van der Waals surface area contributed by atoms with Crippen LogP contribution in [0.15, 0.2) is 6.20 Å². The average molecular weight is 320 g/mol. The summed E-state index contributed by atoms with van der Waals surface area (Å²) in [7, 11) is 3.48. The molecule has 0 bridgehead atoms. The molecule has 0 saturated heterocycles. The van der Waals surface area contributed by atoms with Crippen molar-refractivity contribution in [2.45, 2.75) is 58.5 Å². The van der Waals surface area contributed by atoms with E-state index >= 15 is 0 Å². The third-order valence-electron chi connectivity index (χ3n) is 4.61. The van der Waals surface area contributed by atoms with Crippen LogP contribution in [0.3, 0.4) is 0 Å². The van der Waals surface area contributed by atoms with Crippen LogP contribution in [0, 0.1) is 5.92 Å². The summed E-state index contributed by atoms with van der Waals surface area (Å²) < 4.78 is 1.70. The highest BCUT2D eigenvalue weighted by Gasteiger charge is 2.27. The van der Waals surface area contributed by atoms with E-state index in [-0.39, 0.29) is 30.3 Å². The summed E-state index contributed by atoms with van der Waals surface area (Å²) in [4.78, 5) is 25.8. The third kappa shape index (κ3) is 4.12. The monoisotopic (exact) mass is 320 g/mol. The fourth-order valence-corrected chi connectivity index (χ4v) is 3.05. The lowest BCUT2D eigenvalue weighted by Crippen LogP contribution is -2.35. The number of aromatic nitrogens is 2. The van der Waals surface area contributed by atoms with Crippen LogP contribution >= 0.6 is 0 Å². The fraction of sp³-hybridized carbons (Fsp3) is 0.706. The molecular weight excluding hydrogens is 292 g/mol. The third-order valence-corrected chi connectivity index (χ3v) is 4.61. The van der Waals surface area contributed by atoms with E-state index in [9.17, 15) is 9.59 Å². The van der Waals surface area contributed by atoms with Crippen molar-refractivity contribution in [3.05, 3.63) is 17.5 Å². The van der Waals surface area contributed by atoms with Gasteiger partial charge in [-0.1, -0.05) is 13.8 Å². The SMILES string of the molecule is CCC(CC)C(=O)N[C@@H]1CCCc2cn(CC(=O)N(C)C)nc21. The molecule has 2 rings (SSSR count). The van der Waals surface area contributed by atoms with Gasteiger partial charge in [-0.3, -0.25) is 14.3 Å². The number of carbonyl (C=O) groups is 2. The molecule has 2 amide bonds. The number of carbonyl (C=O) groups excluding carboxylic acids is 2. The van der Waals surface area contributed by atoms with Gasteiger partial charge in [-0.25, -0.2) is 0 Å². The molecule has 6 heteroatoms. The zero-order chi connectivity index (χ0) is 17.0. The first-order valence-corrected chi connectivity index (χ1v) is 8.53. The highest BCUT2D eigenvalue weighted by molar-refractivity contribution is 5.79. The van der Waals surface area contributed by atoms with E-state index < -0.39 is 0 Å². The summed E-state index contributed by atoms with van der Waals surface area (Å²) in [5.74, 6) is 0.201. The molecule has 1 aromatic heterocycles. The van der Waals surface area contributed by atoms with Crippen LogP contribution in [0.4, 0.5) is 0 Å². The van der Waals surface area contributed by atoms with E-state index in [1.165, 1.54) is 0 Å². The summed E-state index contributed by atoms with van der Waals surface area (Å²) in [5.41, 5.74) is 2.08. The number of aryl methyl sites for hydroxylation is 1. The standard InChI is InChI=1S/C17H28N4O2/c1-5-12(6-2)17(23)18-14-9-7-8-13-10-21(19-16(13)14)11-15(22)20(3)4/h10,12,14H,5-9,11H2,1-4H3,(H,18,23)/t14-/m1/s1. The van der Waals surface area contributed by atoms with Crippen LogP contribution in [0.1, 0.15) is 56.8 Å². The molecule has 0 fully saturated rings. The van der Waals surface area contributed by atoms with Crippen molar-refractivity contribution in [3.63, 3.8) is 0 Å². The van der Waals surface area contributed by atoms with Crippen LogP contribution < -0.4 is 5.32 Å². The zero-order valence-corrected chi connectivity index (χ0v) is 14.6. The van der Waals surface area contributed by atoms with Crippen molar-refractivity contribution in [2.75, 3.05) is 14.1 Å². The molecule has 0 spiro atoms. The van der Waals surface area contributed by atoms with Gasteiger partial charge in [-0.15, -0.1) is 0 Å². The minimum Gasteiger partial charge on any atom is -0.347 e. The van der Waals surface area contributed by atoms with Crippen LogP contribution in [0.5, 0.6) is 0 Å². The van der Waals surface area contributed by atoms with Gasteiger partial charge in [0.2, 0.25) is 11.8 Å². The number of rotatable bonds is 6. The molecule has 0 aromatic carbocycles. The molecule has 1 aliphatic rings. The van der Waals surface area contributed by atoms with E-state index in [1.807, 2.05) is 20.0 Å². The van der Waals surface area contributed by atoms with Gasteiger partial charge >= 0.3 is 0 Å². The van der Waals surface area contributed by atoms with Gasteiger partial charge in [-0.2, -0.15) is 5.10 Å². The summed E-state index contributed by atoms with van der Waals surface area (Å²) in [6, 6.07) is -0.0254. The highest BCUT2D eigenvalue weighted by Crippen LogP contribution is 2.29. The predicted octanol–water partition coefficient (Wildman–Crippen LogP) is 1.90. The molecule has 0 saturated carbocycles. The van der Waals surface area contributed by atoms with Gasteiger partial charge in [0.1, 0.15) is 6.54 Å². The van der Waals surface area contributed by atoms with Crippen molar-refractivity contribution in [3.8, 4) is 0 Å². The van der Waals surface area contributed by atoms with Crippen molar-refractivity contribution >= 4 is 11.8 Å². The molecule has 1 aromatic rings. The summed E-state index contributed by atoms with van der Waals surface area (Å²) in [6.45, 7) is 4.33. The first kappa shape index (κ1) is 17.5. The Hall–Kier alpha value is -1.85. The number of amides is 2. The molecule has 23 heavy (non-hydrogen) atoms. The van der Waals surface area contributed by atoms with Crippen LogP contribution in [-0.4, -0.2) is 40.6 Å². The highest BCUT2D eigenvalue weighted by atomic mass is 16.2. The first-order valence-electron chi connectivity index (χ1n) is 8.53. The number of nitrogens with one attached hydrogen (secondary N) is 1. The van der Waals surface area contributed by atoms with Crippen molar-refractivity contribution in [1.82, 2.24) is 20.0 Å². The first-order chi connectivity index (χ1) is 11.0. The second-order valence-corrected chi connectivity index (χ2v) is 6.49.